The number of pyridine rings is 1. The van der Waals surface area contributed by atoms with E-state index in [1.54, 1.807) is 18.5 Å². The predicted octanol–water partition coefficient (Wildman–Crippen LogP) is 10.3. The van der Waals surface area contributed by atoms with Gasteiger partial charge in [-0.3, -0.25) is 4.57 Å². The minimum Gasteiger partial charge on any atom is -0.457 e. The van der Waals surface area contributed by atoms with Crippen LogP contribution >= 0.6 is 0 Å². The molecule has 0 unspecified atom stereocenters. The van der Waals surface area contributed by atoms with Gasteiger partial charge in [-0.2, -0.15) is 5.10 Å². The molecule has 0 radical (unpaired) electrons. The number of halogens is 3. The molecular formula is C38H31F3N4O. The number of aryl methyl sites for hydroxylation is 2. The molecular weight excluding hydrogens is 585 g/mol. The number of benzene rings is 4. The molecule has 3 heterocycles. The van der Waals surface area contributed by atoms with E-state index >= 15 is 0 Å². The molecule has 7 rings (SSSR count). The first kappa shape index (κ1) is 29.3. The summed E-state index contributed by atoms with van der Waals surface area (Å²) in [4.78, 5) is 4.67. The van der Waals surface area contributed by atoms with Gasteiger partial charge in [0.25, 0.3) is 0 Å². The first-order valence-corrected chi connectivity index (χ1v) is 15.1. The predicted molar refractivity (Wildman–Crippen MR) is 176 cm³/mol. The van der Waals surface area contributed by atoms with Crippen LogP contribution in [0.5, 0.6) is 11.5 Å². The molecule has 7 aromatic rings. The summed E-state index contributed by atoms with van der Waals surface area (Å²) in [5.41, 5.74) is 5.72. The number of fused-ring (bicyclic) bond motifs is 3. The zero-order valence-corrected chi connectivity index (χ0v) is 26.1. The molecule has 8 heteroatoms. The molecule has 0 saturated carbocycles. The van der Waals surface area contributed by atoms with E-state index in [4.69, 9.17) is 4.74 Å². The fourth-order valence-electron chi connectivity index (χ4n) is 6.20. The van der Waals surface area contributed by atoms with Crippen LogP contribution in [-0.2, 0) is 0 Å². The Morgan fingerprint density at radius 3 is 2.20 bits per heavy atom. The molecule has 0 aliphatic carbocycles. The van der Waals surface area contributed by atoms with Gasteiger partial charge in [-0.15, -0.1) is 0 Å². The van der Waals surface area contributed by atoms with Crippen LogP contribution in [0.25, 0.3) is 44.4 Å². The molecule has 0 spiro atoms. The van der Waals surface area contributed by atoms with E-state index in [1.807, 2.05) is 61.7 Å². The Bertz CT molecular complexity index is 2280. The summed E-state index contributed by atoms with van der Waals surface area (Å²) >= 11 is 0. The third-order valence-electron chi connectivity index (χ3n) is 8.38. The fourth-order valence-corrected chi connectivity index (χ4v) is 6.20. The molecule has 5 nitrogen and oxygen atoms in total. The number of para-hydroxylation sites is 1. The molecule has 0 amide bonds. The summed E-state index contributed by atoms with van der Waals surface area (Å²) in [6.07, 6.45) is 1.81. The van der Waals surface area contributed by atoms with Crippen molar-refractivity contribution in [2.75, 3.05) is 0 Å². The Balaban J connectivity index is 1.34. The van der Waals surface area contributed by atoms with Crippen molar-refractivity contribution in [2.45, 2.75) is 40.5 Å². The first-order chi connectivity index (χ1) is 22.1. The van der Waals surface area contributed by atoms with Gasteiger partial charge in [0, 0.05) is 52.5 Å². The Hall–Kier alpha value is -5.37. The zero-order valence-electron chi connectivity index (χ0n) is 26.1. The summed E-state index contributed by atoms with van der Waals surface area (Å²) in [6.45, 7) is 9.63. The second-order valence-corrected chi connectivity index (χ2v) is 11.9. The van der Waals surface area contributed by atoms with E-state index in [0.29, 0.717) is 40.7 Å². The third-order valence-corrected chi connectivity index (χ3v) is 8.38. The van der Waals surface area contributed by atoms with Gasteiger partial charge in [-0.25, -0.2) is 22.8 Å². The Morgan fingerprint density at radius 2 is 1.46 bits per heavy atom. The first-order valence-electron chi connectivity index (χ1n) is 15.1. The standard InChI is InChI=1S/C38H31F3N4O/c1-21(2)25-15-27(45-24(5)37(23(4)43-45)38-32(40)17-26(39)18-33(38)41)19-29(16-25)46-28-10-11-31-30-8-6-7-9-34(30)44(35(31)20-28)36-14-22(3)12-13-42-36/h6-21H,1-5H3. The zero-order chi connectivity index (χ0) is 32.3. The Morgan fingerprint density at radius 1 is 0.717 bits per heavy atom. The average molecular weight is 617 g/mol. The lowest BCUT2D eigenvalue weighted by Crippen LogP contribution is -2.02. The van der Waals surface area contributed by atoms with E-state index in [2.05, 4.69) is 52.8 Å². The highest BCUT2D eigenvalue weighted by Gasteiger charge is 2.23. The van der Waals surface area contributed by atoms with Crippen molar-refractivity contribution in [1.82, 2.24) is 19.3 Å². The van der Waals surface area contributed by atoms with Crippen molar-refractivity contribution in [3.63, 3.8) is 0 Å². The van der Waals surface area contributed by atoms with E-state index in [9.17, 15) is 13.2 Å². The average Bonchev–Trinajstić information content (AvgIpc) is 3.49. The van der Waals surface area contributed by atoms with Crippen LogP contribution < -0.4 is 4.74 Å². The molecule has 3 aromatic heterocycles. The highest BCUT2D eigenvalue weighted by molar-refractivity contribution is 6.09. The van der Waals surface area contributed by atoms with Gasteiger partial charge in [0.05, 0.1) is 28.0 Å². The topological polar surface area (TPSA) is 44.9 Å². The van der Waals surface area contributed by atoms with Crippen LogP contribution in [0.4, 0.5) is 13.2 Å². The van der Waals surface area contributed by atoms with Crippen molar-refractivity contribution in [3.05, 3.63) is 131 Å². The molecule has 0 saturated heterocycles. The van der Waals surface area contributed by atoms with Crippen LogP contribution in [0.3, 0.4) is 0 Å². The maximum Gasteiger partial charge on any atom is 0.137 e. The highest BCUT2D eigenvalue weighted by atomic mass is 19.1. The maximum atomic E-state index is 14.8. The van der Waals surface area contributed by atoms with E-state index in [-0.39, 0.29) is 17.0 Å². The molecule has 230 valence electrons. The number of hydrogen-bond donors (Lipinski definition) is 0. The fraction of sp³-hybridized carbons (Fsp3) is 0.158. The van der Waals surface area contributed by atoms with Gasteiger partial charge in [-0.1, -0.05) is 32.0 Å². The molecule has 0 bridgehead atoms. The van der Waals surface area contributed by atoms with Gasteiger partial charge in [-0.05, 0) is 80.3 Å². The molecule has 0 aliphatic rings. The molecule has 46 heavy (non-hydrogen) atoms. The van der Waals surface area contributed by atoms with Gasteiger partial charge >= 0.3 is 0 Å². The summed E-state index contributed by atoms with van der Waals surface area (Å²) in [5.74, 6) is -0.717. The minimum atomic E-state index is -0.975. The second-order valence-electron chi connectivity index (χ2n) is 11.9. The number of hydrogen-bond acceptors (Lipinski definition) is 3. The van der Waals surface area contributed by atoms with Crippen molar-refractivity contribution in [3.8, 4) is 34.1 Å². The summed E-state index contributed by atoms with van der Waals surface area (Å²) < 4.78 is 53.7. The highest BCUT2D eigenvalue weighted by Crippen LogP contribution is 2.38. The van der Waals surface area contributed by atoms with E-state index < -0.39 is 17.5 Å². The van der Waals surface area contributed by atoms with E-state index in [1.165, 1.54) is 0 Å². The largest absolute Gasteiger partial charge is 0.457 e. The molecule has 0 aliphatic heterocycles. The molecule has 0 N–H and O–H groups in total. The maximum absolute atomic E-state index is 14.8. The third kappa shape index (κ3) is 5.00. The van der Waals surface area contributed by atoms with Crippen molar-refractivity contribution >= 4 is 21.8 Å². The molecule has 0 fully saturated rings. The number of ether oxygens (including phenoxy) is 1. The Labute approximate surface area is 264 Å². The second kappa shape index (κ2) is 11.2. The summed E-state index contributed by atoms with van der Waals surface area (Å²) in [6, 6.07) is 25.5. The van der Waals surface area contributed by atoms with Crippen LogP contribution in [0.15, 0.2) is 91.1 Å². The lowest BCUT2D eigenvalue weighted by Gasteiger charge is -2.15. The van der Waals surface area contributed by atoms with Crippen molar-refractivity contribution in [2.24, 2.45) is 0 Å². The monoisotopic (exact) mass is 616 g/mol. The number of rotatable bonds is 6. The normalized spacial score (nSPS) is 11.7. The minimum absolute atomic E-state index is 0.156. The number of nitrogens with zero attached hydrogens (tertiary/aromatic N) is 4. The quantitative estimate of drug-likeness (QED) is 0.187. The SMILES string of the molecule is Cc1ccnc(-n2c3ccccc3c3ccc(Oc4cc(C(C)C)cc(-n5nc(C)c(-c6c(F)cc(F)cc6F)c5C)c4)cc32)c1. The molecule has 0 atom stereocenters. The number of aromatic nitrogens is 4. The van der Waals surface area contributed by atoms with Gasteiger partial charge in [0.15, 0.2) is 0 Å². The lowest BCUT2D eigenvalue weighted by molar-refractivity contribution is 0.481. The van der Waals surface area contributed by atoms with E-state index in [0.717, 1.165) is 38.8 Å². The van der Waals surface area contributed by atoms with Crippen LogP contribution in [-0.4, -0.2) is 19.3 Å². The van der Waals surface area contributed by atoms with Gasteiger partial charge in [0.2, 0.25) is 0 Å². The lowest BCUT2D eigenvalue weighted by atomic mass is 10.0. The summed E-state index contributed by atoms with van der Waals surface area (Å²) in [7, 11) is 0. The van der Waals surface area contributed by atoms with Crippen molar-refractivity contribution < 1.29 is 17.9 Å². The smallest absolute Gasteiger partial charge is 0.137 e. The van der Waals surface area contributed by atoms with Crippen LogP contribution in [0, 0.1) is 38.2 Å². The van der Waals surface area contributed by atoms with Crippen LogP contribution in [0.1, 0.15) is 42.3 Å². The van der Waals surface area contributed by atoms with Crippen LogP contribution in [0.2, 0.25) is 0 Å². The van der Waals surface area contributed by atoms with Gasteiger partial charge < -0.3 is 4.74 Å². The van der Waals surface area contributed by atoms with Gasteiger partial charge in [0.1, 0.15) is 34.8 Å². The summed E-state index contributed by atoms with van der Waals surface area (Å²) in [5, 5.41) is 6.85. The molecule has 4 aromatic carbocycles. The Kier molecular flexibility index (Phi) is 7.15. The van der Waals surface area contributed by atoms with Crippen molar-refractivity contribution in [1.29, 1.82) is 0 Å².